The zero-order chi connectivity index (χ0) is 11.9. The zero-order valence-corrected chi connectivity index (χ0v) is 9.69. The fraction of sp³-hybridized carbons (Fsp3) is 0.875. The number of hydrogen-bond donors (Lipinski definition) is 2. The van der Waals surface area contributed by atoms with E-state index in [1.54, 1.807) is 4.90 Å². The van der Waals surface area contributed by atoms with Crippen LogP contribution in [-0.2, 0) is 15.0 Å². The monoisotopic (exact) mass is 248 g/mol. The van der Waals surface area contributed by atoms with Gasteiger partial charge in [-0.05, 0) is 6.42 Å². The van der Waals surface area contributed by atoms with Crippen LogP contribution in [0.1, 0.15) is 6.42 Å². The summed E-state index contributed by atoms with van der Waals surface area (Å²) in [5, 5.41) is 5.00. The number of nitrogens with zero attached hydrogens (tertiary/aromatic N) is 2. The van der Waals surface area contributed by atoms with E-state index in [1.807, 2.05) is 0 Å². The highest BCUT2D eigenvalue weighted by molar-refractivity contribution is 7.86. The van der Waals surface area contributed by atoms with Gasteiger partial charge in [-0.1, -0.05) is 0 Å². The van der Waals surface area contributed by atoms with Gasteiger partial charge in [0.15, 0.2) is 0 Å². The average molecular weight is 248 g/mol. The Morgan fingerprint density at radius 2 is 1.69 bits per heavy atom. The highest BCUT2D eigenvalue weighted by atomic mass is 32.2. The van der Waals surface area contributed by atoms with Crippen LogP contribution in [0.5, 0.6) is 0 Å². The maximum absolute atomic E-state index is 11.8. The van der Waals surface area contributed by atoms with Gasteiger partial charge in [-0.2, -0.15) is 12.7 Å². The molecule has 4 N–H and O–H groups in total. The summed E-state index contributed by atoms with van der Waals surface area (Å²) in [5.74, 6) is -0.0115. The highest BCUT2D eigenvalue weighted by Gasteiger charge is 2.43. The molecule has 0 aromatic carbocycles. The summed E-state index contributed by atoms with van der Waals surface area (Å²) in [5.41, 5.74) is 5.60. The lowest BCUT2D eigenvalue weighted by Gasteiger charge is -2.33. The summed E-state index contributed by atoms with van der Waals surface area (Å²) in [4.78, 5) is 13.4. The van der Waals surface area contributed by atoms with E-state index in [1.165, 1.54) is 4.31 Å². The fourth-order valence-electron chi connectivity index (χ4n) is 1.90. The van der Waals surface area contributed by atoms with Crippen LogP contribution >= 0.6 is 0 Å². The SMILES string of the molecule is NC1CC1C(=O)N1CCN(S(N)(=O)=O)CC1. The van der Waals surface area contributed by atoms with Crippen molar-refractivity contribution in [3.63, 3.8) is 0 Å². The van der Waals surface area contributed by atoms with Crippen LogP contribution in [0.2, 0.25) is 0 Å². The molecule has 1 saturated heterocycles. The Bertz CT molecular complexity index is 388. The van der Waals surface area contributed by atoms with Crippen molar-refractivity contribution in [3.8, 4) is 0 Å². The second-order valence-electron chi connectivity index (χ2n) is 4.28. The van der Waals surface area contributed by atoms with E-state index in [2.05, 4.69) is 0 Å². The number of amides is 1. The minimum absolute atomic E-state index is 0.0104. The van der Waals surface area contributed by atoms with Crippen LogP contribution in [0.25, 0.3) is 0 Å². The molecule has 0 aromatic rings. The number of carbonyl (C=O) groups excluding carboxylic acids is 1. The van der Waals surface area contributed by atoms with E-state index in [0.717, 1.165) is 6.42 Å². The van der Waals surface area contributed by atoms with Gasteiger partial charge >= 0.3 is 0 Å². The standard InChI is InChI=1S/C8H16N4O3S/c9-7-5-6(7)8(13)11-1-3-12(4-2-11)16(10,14)15/h6-7H,1-5,9H2,(H2,10,14,15). The van der Waals surface area contributed by atoms with Crippen molar-refractivity contribution in [2.75, 3.05) is 26.2 Å². The Hall–Kier alpha value is -0.700. The van der Waals surface area contributed by atoms with E-state index < -0.39 is 10.2 Å². The molecule has 2 rings (SSSR count). The number of rotatable bonds is 2. The van der Waals surface area contributed by atoms with E-state index in [4.69, 9.17) is 10.9 Å². The summed E-state index contributed by atoms with van der Waals surface area (Å²) < 4.78 is 23.3. The van der Waals surface area contributed by atoms with Crippen LogP contribution in [0.15, 0.2) is 0 Å². The van der Waals surface area contributed by atoms with Crippen molar-refractivity contribution < 1.29 is 13.2 Å². The molecule has 2 unspecified atom stereocenters. The predicted molar refractivity (Wildman–Crippen MR) is 57.3 cm³/mol. The van der Waals surface area contributed by atoms with E-state index in [9.17, 15) is 13.2 Å². The molecule has 0 aromatic heterocycles. The van der Waals surface area contributed by atoms with Gasteiger partial charge in [0.2, 0.25) is 5.91 Å². The normalized spacial score (nSPS) is 31.5. The van der Waals surface area contributed by atoms with Crippen LogP contribution in [0.4, 0.5) is 0 Å². The summed E-state index contributed by atoms with van der Waals surface area (Å²) in [6.45, 7) is 1.34. The van der Waals surface area contributed by atoms with Gasteiger partial charge in [0.05, 0.1) is 5.92 Å². The van der Waals surface area contributed by atoms with Gasteiger partial charge in [-0.3, -0.25) is 4.79 Å². The smallest absolute Gasteiger partial charge is 0.277 e. The lowest BCUT2D eigenvalue weighted by Crippen LogP contribution is -2.52. The van der Waals surface area contributed by atoms with Crippen LogP contribution in [0, 0.1) is 5.92 Å². The molecule has 1 aliphatic heterocycles. The first-order chi connectivity index (χ1) is 7.39. The Labute approximate surface area is 94.5 Å². The maximum atomic E-state index is 11.8. The molecular weight excluding hydrogens is 232 g/mol. The maximum Gasteiger partial charge on any atom is 0.277 e. The van der Waals surface area contributed by atoms with E-state index >= 15 is 0 Å². The Morgan fingerprint density at radius 1 is 1.19 bits per heavy atom. The molecular formula is C8H16N4O3S. The van der Waals surface area contributed by atoms with Gasteiger partial charge in [0.25, 0.3) is 10.2 Å². The van der Waals surface area contributed by atoms with Crippen LogP contribution in [0.3, 0.4) is 0 Å². The van der Waals surface area contributed by atoms with Crippen molar-refractivity contribution in [3.05, 3.63) is 0 Å². The van der Waals surface area contributed by atoms with Crippen LogP contribution in [-0.4, -0.2) is 55.8 Å². The molecule has 0 spiro atoms. The van der Waals surface area contributed by atoms with E-state index in [-0.39, 0.29) is 31.0 Å². The molecule has 1 amide bonds. The summed E-state index contributed by atoms with van der Waals surface area (Å²) in [6, 6.07) is -0.0104. The number of carbonyl (C=O) groups is 1. The third-order valence-corrected chi connectivity index (χ3v) is 4.15. The predicted octanol–water partition coefficient (Wildman–Crippen LogP) is -2.32. The minimum atomic E-state index is -3.62. The first-order valence-electron chi connectivity index (χ1n) is 5.22. The zero-order valence-electron chi connectivity index (χ0n) is 8.87. The Balaban J connectivity index is 1.88. The number of hydrogen-bond acceptors (Lipinski definition) is 4. The number of nitrogens with two attached hydrogens (primary N) is 2. The lowest BCUT2D eigenvalue weighted by molar-refractivity contribution is -0.133. The highest BCUT2D eigenvalue weighted by Crippen LogP contribution is 2.30. The Kier molecular flexibility index (Phi) is 2.91. The third kappa shape index (κ3) is 2.34. The molecule has 2 fully saturated rings. The first-order valence-corrected chi connectivity index (χ1v) is 6.72. The molecule has 0 bridgehead atoms. The van der Waals surface area contributed by atoms with Crippen molar-refractivity contribution in [1.29, 1.82) is 0 Å². The van der Waals surface area contributed by atoms with Gasteiger partial charge in [-0.15, -0.1) is 0 Å². The van der Waals surface area contributed by atoms with Crippen molar-refractivity contribution in [1.82, 2.24) is 9.21 Å². The molecule has 1 heterocycles. The molecule has 1 aliphatic carbocycles. The fourth-order valence-corrected chi connectivity index (χ4v) is 2.57. The molecule has 16 heavy (non-hydrogen) atoms. The summed E-state index contributed by atoms with van der Waals surface area (Å²) in [7, 11) is -3.62. The molecule has 2 aliphatic rings. The quantitative estimate of drug-likeness (QED) is 0.571. The number of piperazine rings is 1. The third-order valence-electron chi connectivity index (χ3n) is 3.07. The molecule has 1 saturated carbocycles. The topological polar surface area (TPSA) is 110 Å². The van der Waals surface area contributed by atoms with Gasteiger partial charge < -0.3 is 10.6 Å². The van der Waals surface area contributed by atoms with Crippen molar-refractivity contribution in [2.24, 2.45) is 16.8 Å². The summed E-state index contributed by atoms with van der Waals surface area (Å²) >= 11 is 0. The molecule has 92 valence electrons. The Morgan fingerprint density at radius 3 is 2.06 bits per heavy atom. The molecule has 8 heteroatoms. The summed E-state index contributed by atoms with van der Waals surface area (Å²) in [6.07, 6.45) is 0.744. The van der Waals surface area contributed by atoms with Crippen molar-refractivity contribution >= 4 is 16.1 Å². The largest absolute Gasteiger partial charge is 0.340 e. The minimum Gasteiger partial charge on any atom is -0.340 e. The second-order valence-corrected chi connectivity index (χ2v) is 5.82. The average Bonchev–Trinajstić information content (AvgIpc) is 2.93. The first kappa shape index (κ1) is 11.8. The molecule has 2 atom stereocenters. The molecule has 7 nitrogen and oxygen atoms in total. The van der Waals surface area contributed by atoms with E-state index in [0.29, 0.717) is 13.1 Å². The van der Waals surface area contributed by atoms with Gasteiger partial charge in [-0.25, -0.2) is 5.14 Å². The molecule has 0 radical (unpaired) electrons. The lowest BCUT2D eigenvalue weighted by atomic mass is 10.3. The van der Waals surface area contributed by atoms with Gasteiger partial charge in [0, 0.05) is 32.2 Å². The van der Waals surface area contributed by atoms with Gasteiger partial charge in [0.1, 0.15) is 0 Å². The van der Waals surface area contributed by atoms with Crippen LogP contribution < -0.4 is 10.9 Å². The second kappa shape index (κ2) is 3.95. The van der Waals surface area contributed by atoms with Crippen molar-refractivity contribution in [2.45, 2.75) is 12.5 Å².